The van der Waals surface area contributed by atoms with Crippen molar-refractivity contribution < 1.29 is 0 Å². The molecule has 0 aromatic heterocycles. The van der Waals surface area contributed by atoms with Gasteiger partial charge < -0.3 is 0 Å². The van der Waals surface area contributed by atoms with Crippen molar-refractivity contribution in [2.45, 2.75) is 0 Å². The van der Waals surface area contributed by atoms with Gasteiger partial charge >= 0.3 is 0 Å². The number of rotatable bonds is 6. The van der Waals surface area contributed by atoms with Gasteiger partial charge in [0.05, 0.1) is 11.4 Å². The van der Waals surface area contributed by atoms with Crippen LogP contribution in [0.1, 0.15) is 0 Å². The summed E-state index contributed by atoms with van der Waals surface area (Å²) in [6, 6.07) is 51.1. The fourth-order valence-corrected chi connectivity index (χ4v) is 9.71. The van der Waals surface area contributed by atoms with Crippen molar-refractivity contribution in [2.75, 3.05) is 13.3 Å². The van der Waals surface area contributed by atoms with Crippen LogP contribution in [0.15, 0.2) is 155 Å². The van der Waals surface area contributed by atoms with E-state index in [1.807, 2.05) is 0 Å². The Labute approximate surface area is 214 Å². The fourth-order valence-electron chi connectivity index (χ4n) is 4.45. The van der Waals surface area contributed by atoms with E-state index in [4.69, 9.17) is 9.49 Å². The van der Waals surface area contributed by atoms with Gasteiger partial charge in [-0.15, -0.1) is 0 Å². The van der Waals surface area contributed by atoms with Crippen molar-refractivity contribution in [3.05, 3.63) is 146 Å². The topological polar surface area (TPSA) is 24.7 Å². The highest BCUT2D eigenvalue weighted by molar-refractivity contribution is 7.80. The molecule has 0 unspecified atom stereocenters. The molecule has 5 rings (SSSR count). The van der Waals surface area contributed by atoms with Crippen LogP contribution in [0, 0.1) is 0 Å². The third-order valence-electron chi connectivity index (χ3n) is 6.52. The zero-order valence-electron chi connectivity index (χ0n) is 20.6. The Bertz CT molecular complexity index is 1320. The number of benzene rings is 5. The van der Waals surface area contributed by atoms with E-state index in [1.165, 1.54) is 21.2 Å². The first-order valence-corrected chi connectivity index (χ1v) is 16.5. The lowest BCUT2D eigenvalue weighted by Gasteiger charge is -2.22. The third kappa shape index (κ3) is 5.07. The monoisotopic (exact) mass is 504 g/mol. The van der Waals surface area contributed by atoms with Crippen LogP contribution in [0.3, 0.4) is 0 Å². The Balaban J connectivity index is 1.60. The Hall–Kier alpha value is -3.44. The highest BCUT2D eigenvalue weighted by Crippen LogP contribution is 2.48. The van der Waals surface area contributed by atoms with Gasteiger partial charge in [-0.05, 0) is 58.8 Å². The second-order valence-corrected chi connectivity index (χ2v) is 15.3. The van der Waals surface area contributed by atoms with Gasteiger partial charge in [-0.2, -0.15) is 0 Å². The van der Waals surface area contributed by atoms with E-state index < -0.39 is 14.1 Å². The molecule has 0 atom stereocenters. The first-order chi connectivity index (χ1) is 17.6. The molecular weight excluding hydrogens is 474 g/mol. The SMILES string of the molecule is CP(=Nc1ccc(N=P(C)(c2ccccc2)c2ccccc2)cc1)(c1ccccc1)c1ccccc1. The molecule has 0 aliphatic carbocycles. The van der Waals surface area contributed by atoms with Crippen molar-refractivity contribution in [3.8, 4) is 0 Å². The Kier molecular flexibility index (Phi) is 7.19. The van der Waals surface area contributed by atoms with Crippen LogP contribution < -0.4 is 21.2 Å². The molecule has 178 valence electrons. The average Bonchev–Trinajstić information content (AvgIpc) is 2.96. The molecule has 0 aliphatic rings. The van der Waals surface area contributed by atoms with E-state index in [2.05, 4.69) is 159 Å². The number of nitrogens with zero attached hydrogens (tertiary/aromatic N) is 2. The molecule has 4 heteroatoms. The summed E-state index contributed by atoms with van der Waals surface area (Å²) in [5.41, 5.74) is 1.97. The van der Waals surface area contributed by atoms with Crippen LogP contribution in [-0.4, -0.2) is 13.3 Å². The van der Waals surface area contributed by atoms with Gasteiger partial charge in [0.15, 0.2) is 0 Å². The van der Waals surface area contributed by atoms with Crippen LogP contribution in [0.2, 0.25) is 0 Å². The predicted molar refractivity (Wildman–Crippen MR) is 161 cm³/mol. The van der Waals surface area contributed by atoms with E-state index in [0.717, 1.165) is 11.4 Å². The summed E-state index contributed by atoms with van der Waals surface area (Å²) < 4.78 is 10.7. The minimum atomic E-state index is -1.95. The van der Waals surface area contributed by atoms with Gasteiger partial charge in [-0.1, -0.05) is 121 Å². The number of hydrogen-bond donors (Lipinski definition) is 0. The average molecular weight is 505 g/mol. The highest BCUT2D eigenvalue weighted by atomic mass is 31.2. The zero-order chi connectivity index (χ0) is 24.8. The lowest BCUT2D eigenvalue weighted by atomic mass is 10.3. The van der Waals surface area contributed by atoms with Gasteiger partial charge in [0.1, 0.15) is 0 Å². The second kappa shape index (κ2) is 10.7. The molecule has 0 saturated carbocycles. The largest absolute Gasteiger partial charge is 0.259 e. The minimum Gasteiger partial charge on any atom is -0.259 e. The molecule has 0 heterocycles. The van der Waals surface area contributed by atoms with Crippen molar-refractivity contribution in [1.29, 1.82) is 0 Å². The molecule has 0 aliphatic heterocycles. The van der Waals surface area contributed by atoms with E-state index in [1.54, 1.807) is 0 Å². The van der Waals surface area contributed by atoms with E-state index in [-0.39, 0.29) is 0 Å². The molecule has 0 radical (unpaired) electrons. The Morgan fingerprint density at radius 1 is 0.333 bits per heavy atom. The molecule has 0 amide bonds. The van der Waals surface area contributed by atoms with Gasteiger partial charge in [-0.3, -0.25) is 9.49 Å². The lowest BCUT2D eigenvalue weighted by Crippen LogP contribution is -2.14. The molecule has 0 spiro atoms. The number of hydrogen-bond acceptors (Lipinski definition) is 2. The van der Waals surface area contributed by atoms with Gasteiger partial charge in [0.2, 0.25) is 0 Å². The summed E-state index contributed by atoms with van der Waals surface area (Å²) in [7, 11) is -3.89. The van der Waals surface area contributed by atoms with Gasteiger partial charge in [0.25, 0.3) is 0 Å². The molecule has 0 N–H and O–H groups in total. The van der Waals surface area contributed by atoms with E-state index in [9.17, 15) is 0 Å². The molecule has 5 aromatic rings. The van der Waals surface area contributed by atoms with Crippen LogP contribution >= 0.6 is 14.1 Å². The lowest BCUT2D eigenvalue weighted by molar-refractivity contribution is 1.50. The summed E-state index contributed by atoms with van der Waals surface area (Å²) in [5.74, 6) is 0. The Morgan fingerprint density at radius 2 is 0.556 bits per heavy atom. The summed E-state index contributed by atoms with van der Waals surface area (Å²) in [5, 5.41) is 5.10. The molecule has 5 aromatic carbocycles. The Morgan fingerprint density at radius 3 is 0.778 bits per heavy atom. The van der Waals surface area contributed by atoms with Crippen LogP contribution in [0.5, 0.6) is 0 Å². The minimum absolute atomic E-state index is 0.983. The maximum atomic E-state index is 5.36. The zero-order valence-corrected chi connectivity index (χ0v) is 22.4. The molecule has 0 saturated heterocycles. The maximum Gasteiger partial charge on any atom is 0.0622 e. The van der Waals surface area contributed by atoms with Crippen LogP contribution in [-0.2, 0) is 0 Å². The maximum absolute atomic E-state index is 5.36. The normalized spacial score (nSPS) is 11.6. The summed E-state index contributed by atoms with van der Waals surface area (Å²) in [6.45, 7) is 4.59. The van der Waals surface area contributed by atoms with Crippen molar-refractivity contribution in [2.24, 2.45) is 9.49 Å². The molecule has 0 fully saturated rings. The van der Waals surface area contributed by atoms with Gasteiger partial charge in [-0.25, -0.2) is 0 Å². The van der Waals surface area contributed by atoms with Crippen molar-refractivity contribution in [1.82, 2.24) is 0 Å². The van der Waals surface area contributed by atoms with Gasteiger partial charge in [0, 0.05) is 14.1 Å². The quantitative estimate of drug-likeness (QED) is 0.210. The van der Waals surface area contributed by atoms with E-state index in [0.29, 0.717) is 0 Å². The third-order valence-corrected chi connectivity index (χ3v) is 13.0. The summed E-state index contributed by atoms with van der Waals surface area (Å²) in [4.78, 5) is 0. The molecule has 0 bridgehead atoms. The van der Waals surface area contributed by atoms with Crippen molar-refractivity contribution >= 4 is 46.7 Å². The first kappa shape index (κ1) is 24.3. The summed E-state index contributed by atoms with van der Waals surface area (Å²) in [6.07, 6.45) is 0. The molecule has 36 heavy (non-hydrogen) atoms. The summed E-state index contributed by atoms with van der Waals surface area (Å²) >= 11 is 0. The molecular formula is C32H30N2P2. The van der Waals surface area contributed by atoms with Crippen molar-refractivity contribution in [3.63, 3.8) is 0 Å². The smallest absolute Gasteiger partial charge is 0.0622 e. The van der Waals surface area contributed by atoms with E-state index >= 15 is 0 Å². The first-order valence-electron chi connectivity index (χ1n) is 12.1. The van der Waals surface area contributed by atoms with Crippen LogP contribution in [0.4, 0.5) is 11.4 Å². The predicted octanol–water partition coefficient (Wildman–Crippen LogP) is 7.91. The fraction of sp³-hybridized carbons (Fsp3) is 0.0625. The van der Waals surface area contributed by atoms with Crippen LogP contribution in [0.25, 0.3) is 0 Å². The standard InChI is InChI=1S/C32H30N2P2/c1-35(29-15-7-3-8-16-29,30-17-9-4-10-18-30)33-27-23-25-28(26-24-27)34-36(2,31-19-11-5-12-20-31)32-21-13-6-14-22-32/h3-26H,1-2H3. The highest BCUT2D eigenvalue weighted by Gasteiger charge is 2.20. The second-order valence-electron chi connectivity index (χ2n) is 8.98. The molecule has 2 nitrogen and oxygen atoms in total.